The lowest BCUT2D eigenvalue weighted by Crippen LogP contribution is -2.22. The van der Waals surface area contributed by atoms with E-state index >= 15 is 0 Å². The minimum atomic E-state index is -0.0674. The highest BCUT2D eigenvalue weighted by Gasteiger charge is 2.15. The van der Waals surface area contributed by atoms with Crippen LogP contribution in [0.4, 0.5) is 0 Å². The van der Waals surface area contributed by atoms with Crippen LogP contribution in [0.1, 0.15) is 30.9 Å². The molecule has 0 spiro atoms. The summed E-state index contributed by atoms with van der Waals surface area (Å²) >= 11 is 3.05. The number of carbonyl (C=O) groups is 1. The number of nitrogens with zero attached hydrogens (tertiary/aromatic N) is 2. The molecular formula is C17H17N3OS2. The van der Waals surface area contributed by atoms with E-state index in [1.54, 1.807) is 11.3 Å². The largest absolute Gasteiger partial charge is 0.346 e. The van der Waals surface area contributed by atoms with Crippen LogP contribution in [0.2, 0.25) is 0 Å². The van der Waals surface area contributed by atoms with Gasteiger partial charge in [-0.25, -0.2) is 9.97 Å². The van der Waals surface area contributed by atoms with Gasteiger partial charge in [0.2, 0.25) is 0 Å². The number of hydrogen-bond acceptors (Lipinski definition) is 5. The zero-order chi connectivity index (χ0) is 16.4. The molecule has 2 heterocycles. The van der Waals surface area contributed by atoms with Crippen LogP contribution in [-0.4, -0.2) is 15.9 Å². The number of benzene rings is 1. The third kappa shape index (κ3) is 3.48. The van der Waals surface area contributed by atoms with Gasteiger partial charge in [0.05, 0.1) is 22.9 Å². The molecule has 4 nitrogen and oxygen atoms in total. The molecule has 2 aromatic heterocycles. The summed E-state index contributed by atoms with van der Waals surface area (Å²) in [6.07, 6.45) is 0. The minimum Gasteiger partial charge on any atom is -0.346 e. The van der Waals surface area contributed by atoms with E-state index in [4.69, 9.17) is 0 Å². The van der Waals surface area contributed by atoms with E-state index in [0.717, 1.165) is 31.8 Å². The van der Waals surface area contributed by atoms with Crippen molar-refractivity contribution in [3.05, 3.63) is 56.5 Å². The molecule has 1 N–H and O–H groups in total. The highest BCUT2D eigenvalue weighted by Crippen LogP contribution is 2.27. The van der Waals surface area contributed by atoms with Crippen LogP contribution in [-0.2, 0) is 6.54 Å². The van der Waals surface area contributed by atoms with Gasteiger partial charge in [-0.2, -0.15) is 0 Å². The van der Waals surface area contributed by atoms with Crippen LogP contribution in [0.25, 0.3) is 10.6 Å². The molecule has 3 rings (SSSR count). The first-order valence-corrected chi connectivity index (χ1v) is 8.92. The fourth-order valence-corrected chi connectivity index (χ4v) is 4.12. The fourth-order valence-electron chi connectivity index (χ4n) is 2.28. The molecule has 1 aromatic carbocycles. The Balaban J connectivity index is 1.73. The predicted octanol–water partition coefficient (Wildman–Crippen LogP) is 4.12. The van der Waals surface area contributed by atoms with Crippen LogP contribution >= 0.6 is 22.7 Å². The van der Waals surface area contributed by atoms with Gasteiger partial charge in [-0.15, -0.1) is 22.7 Å². The van der Waals surface area contributed by atoms with Crippen molar-refractivity contribution in [1.29, 1.82) is 0 Å². The molecule has 0 unspecified atom stereocenters. The highest BCUT2D eigenvalue weighted by molar-refractivity contribution is 7.15. The number of thiazole rings is 2. The van der Waals surface area contributed by atoms with E-state index < -0.39 is 0 Å². The Bertz CT molecular complexity index is 837. The summed E-state index contributed by atoms with van der Waals surface area (Å²) in [5.41, 5.74) is 2.86. The number of nitrogens with one attached hydrogen (secondary N) is 1. The van der Waals surface area contributed by atoms with Crippen molar-refractivity contribution >= 4 is 28.6 Å². The van der Waals surface area contributed by atoms with Gasteiger partial charge in [0.1, 0.15) is 9.88 Å². The third-order valence-corrected chi connectivity index (χ3v) is 5.71. The summed E-state index contributed by atoms with van der Waals surface area (Å²) < 4.78 is 0. The molecule has 6 heteroatoms. The number of carbonyl (C=O) groups excluding carboxylic acids is 1. The van der Waals surface area contributed by atoms with Crippen LogP contribution < -0.4 is 5.32 Å². The Labute approximate surface area is 143 Å². The van der Waals surface area contributed by atoms with Gasteiger partial charge >= 0.3 is 0 Å². The summed E-state index contributed by atoms with van der Waals surface area (Å²) in [7, 11) is 0. The zero-order valence-corrected chi connectivity index (χ0v) is 14.8. The summed E-state index contributed by atoms with van der Waals surface area (Å²) in [6, 6.07) is 10.1. The third-order valence-electron chi connectivity index (χ3n) is 3.43. The summed E-state index contributed by atoms with van der Waals surface area (Å²) in [5.74, 6) is -0.0674. The Morgan fingerprint density at radius 1 is 1.04 bits per heavy atom. The molecule has 118 valence electrons. The van der Waals surface area contributed by atoms with Crippen molar-refractivity contribution in [3.8, 4) is 10.6 Å². The van der Waals surface area contributed by atoms with E-state index in [1.807, 2.05) is 51.1 Å². The van der Waals surface area contributed by atoms with Crippen molar-refractivity contribution in [2.45, 2.75) is 27.3 Å². The SMILES string of the molecule is Cc1nc(C)c(C(=O)NCc2sc(-c3ccccc3)nc2C)s1. The van der Waals surface area contributed by atoms with Gasteiger partial charge in [0, 0.05) is 10.4 Å². The van der Waals surface area contributed by atoms with Crippen LogP contribution in [0, 0.1) is 20.8 Å². The van der Waals surface area contributed by atoms with Crippen molar-refractivity contribution in [2.24, 2.45) is 0 Å². The van der Waals surface area contributed by atoms with E-state index in [9.17, 15) is 4.79 Å². The summed E-state index contributed by atoms with van der Waals surface area (Å²) in [6.45, 7) is 6.25. The van der Waals surface area contributed by atoms with E-state index in [-0.39, 0.29) is 5.91 Å². The first-order valence-electron chi connectivity index (χ1n) is 7.28. The molecule has 0 fully saturated rings. The highest BCUT2D eigenvalue weighted by atomic mass is 32.1. The number of aromatic nitrogens is 2. The molecule has 0 saturated carbocycles. The second-order valence-electron chi connectivity index (χ2n) is 5.22. The molecule has 0 aliphatic carbocycles. The topological polar surface area (TPSA) is 54.9 Å². The second-order valence-corrected chi connectivity index (χ2v) is 7.51. The smallest absolute Gasteiger partial charge is 0.263 e. The van der Waals surface area contributed by atoms with Gasteiger partial charge in [-0.05, 0) is 20.8 Å². The Morgan fingerprint density at radius 3 is 2.43 bits per heavy atom. The lowest BCUT2D eigenvalue weighted by atomic mass is 10.2. The van der Waals surface area contributed by atoms with Gasteiger partial charge in [-0.3, -0.25) is 4.79 Å². The van der Waals surface area contributed by atoms with Crippen LogP contribution in [0.15, 0.2) is 30.3 Å². The van der Waals surface area contributed by atoms with Gasteiger partial charge < -0.3 is 5.32 Å². The molecule has 0 saturated heterocycles. The lowest BCUT2D eigenvalue weighted by molar-refractivity contribution is 0.0954. The fraction of sp³-hybridized carbons (Fsp3) is 0.235. The standard InChI is InChI=1S/C17H17N3OS2/c1-10-14(23-17(20-10)13-7-5-4-6-8-13)9-18-16(21)15-11(2)19-12(3)22-15/h4-8H,9H2,1-3H3,(H,18,21). The number of aryl methyl sites for hydroxylation is 3. The van der Waals surface area contributed by atoms with Crippen molar-refractivity contribution < 1.29 is 4.79 Å². The van der Waals surface area contributed by atoms with Crippen molar-refractivity contribution in [1.82, 2.24) is 15.3 Å². The van der Waals surface area contributed by atoms with Gasteiger partial charge in [0.15, 0.2) is 0 Å². The van der Waals surface area contributed by atoms with Gasteiger partial charge in [0.25, 0.3) is 5.91 Å². The maximum Gasteiger partial charge on any atom is 0.263 e. The summed E-state index contributed by atoms with van der Waals surface area (Å²) in [4.78, 5) is 23.0. The van der Waals surface area contributed by atoms with E-state index in [2.05, 4.69) is 15.3 Å². The minimum absolute atomic E-state index is 0.0674. The van der Waals surface area contributed by atoms with Crippen LogP contribution in [0.3, 0.4) is 0 Å². The lowest BCUT2D eigenvalue weighted by Gasteiger charge is -2.02. The van der Waals surface area contributed by atoms with Crippen molar-refractivity contribution in [3.63, 3.8) is 0 Å². The number of hydrogen-bond donors (Lipinski definition) is 1. The molecule has 23 heavy (non-hydrogen) atoms. The molecule has 0 aliphatic rings. The maximum absolute atomic E-state index is 12.3. The first-order chi connectivity index (χ1) is 11.0. The molecule has 3 aromatic rings. The molecule has 0 bridgehead atoms. The maximum atomic E-state index is 12.3. The quantitative estimate of drug-likeness (QED) is 0.775. The molecule has 1 amide bonds. The van der Waals surface area contributed by atoms with E-state index in [0.29, 0.717) is 11.4 Å². The predicted molar refractivity (Wildman–Crippen MR) is 95.0 cm³/mol. The number of rotatable bonds is 4. The molecular weight excluding hydrogens is 326 g/mol. The van der Waals surface area contributed by atoms with Crippen LogP contribution in [0.5, 0.6) is 0 Å². The first kappa shape index (κ1) is 15.8. The normalized spacial score (nSPS) is 10.7. The number of amides is 1. The molecule has 0 radical (unpaired) electrons. The zero-order valence-electron chi connectivity index (χ0n) is 13.2. The van der Waals surface area contributed by atoms with Gasteiger partial charge in [-0.1, -0.05) is 30.3 Å². The Kier molecular flexibility index (Phi) is 4.54. The average molecular weight is 343 g/mol. The molecule has 0 aliphatic heterocycles. The average Bonchev–Trinajstić information content (AvgIpc) is 3.08. The Hall–Kier alpha value is -2.05. The second kappa shape index (κ2) is 6.60. The van der Waals surface area contributed by atoms with Crippen molar-refractivity contribution in [2.75, 3.05) is 0 Å². The van der Waals surface area contributed by atoms with E-state index in [1.165, 1.54) is 11.3 Å². The Morgan fingerprint density at radius 2 is 1.78 bits per heavy atom. The summed E-state index contributed by atoms with van der Waals surface area (Å²) in [5, 5.41) is 4.87. The molecule has 0 atom stereocenters. The monoisotopic (exact) mass is 343 g/mol.